The Morgan fingerprint density at radius 3 is 2.77 bits per heavy atom. The minimum atomic E-state index is -0.553. The molecule has 0 unspecified atom stereocenters. The van der Waals surface area contributed by atoms with Crippen molar-refractivity contribution in [3.05, 3.63) is 53.7 Å². The van der Waals surface area contributed by atoms with Crippen LogP contribution in [0.2, 0.25) is 0 Å². The van der Waals surface area contributed by atoms with Gasteiger partial charge >= 0.3 is 5.97 Å². The molecule has 0 bridgehead atoms. The fraction of sp³-hybridized carbons (Fsp3) is 0.350. The standard InChI is InChI=1S/C20H22N2O4/c1-4-8-26-20(25)17-14(12-6-5-7-13(9-12)18(21)23)10-15-16(11(2)3)19(24)22(15)17/h4-7,9,11,15-16H,1,8,10H2,2-3H3,(H2,21,23)/t15-,16-/m1/s1. The quantitative estimate of drug-likeness (QED) is 0.481. The monoisotopic (exact) mass is 354 g/mol. The Morgan fingerprint density at radius 1 is 1.42 bits per heavy atom. The van der Waals surface area contributed by atoms with Gasteiger partial charge in [0.15, 0.2) is 0 Å². The number of β-lactam (4-membered cyclic amide) rings is 1. The Kier molecular flexibility index (Phi) is 4.68. The maximum absolute atomic E-state index is 12.6. The molecule has 1 saturated heterocycles. The first-order chi connectivity index (χ1) is 12.4. The number of ether oxygens (including phenoxy) is 1. The number of rotatable bonds is 6. The number of nitrogens with zero attached hydrogens (tertiary/aromatic N) is 1. The number of fused-ring (bicyclic) bond motifs is 1. The van der Waals surface area contributed by atoms with E-state index < -0.39 is 11.9 Å². The molecule has 0 spiro atoms. The number of amides is 2. The molecule has 1 aromatic rings. The van der Waals surface area contributed by atoms with Gasteiger partial charge in [-0.3, -0.25) is 9.59 Å². The van der Waals surface area contributed by atoms with E-state index in [1.54, 1.807) is 23.1 Å². The molecule has 2 aliphatic heterocycles. The van der Waals surface area contributed by atoms with E-state index in [4.69, 9.17) is 10.5 Å². The summed E-state index contributed by atoms with van der Waals surface area (Å²) in [5.74, 6) is -1.08. The van der Waals surface area contributed by atoms with Crippen LogP contribution in [0.5, 0.6) is 0 Å². The molecule has 2 aliphatic rings. The van der Waals surface area contributed by atoms with E-state index in [2.05, 4.69) is 6.58 Å². The highest BCUT2D eigenvalue weighted by atomic mass is 16.5. The zero-order valence-electron chi connectivity index (χ0n) is 14.9. The molecule has 136 valence electrons. The molecule has 2 heterocycles. The van der Waals surface area contributed by atoms with Crippen molar-refractivity contribution in [2.75, 3.05) is 6.61 Å². The number of primary amides is 1. The third-order valence-corrected chi connectivity index (χ3v) is 4.95. The summed E-state index contributed by atoms with van der Waals surface area (Å²) in [4.78, 5) is 38.3. The van der Waals surface area contributed by atoms with Crippen molar-refractivity contribution in [2.45, 2.75) is 26.3 Å². The Balaban J connectivity index is 2.04. The Labute approximate surface area is 152 Å². The molecule has 0 radical (unpaired) electrons. The van der Waals surface area contributed by atoms with Crippen LogP contribution in [0, 0.1) is 11.8 Å². The predicted molar refractivity (Wildman–Crippen MR) is 96.6 cm³/mol. The molecule has 26 heavy (non-hydrogen) atoms. The molecule has 2 N–H and O–H groups in total. The summed E-state index contributed by atoms with van der Waals surface area (Å²) < 4.78 is 5.20. The average molecular weight is 354 g/mol. The van der Waals surface area contributed by atoms with Gasteiger partial charge in [0.1, 0.15) is 12.3 Å². The summed E-state index contributed by atoms with van der Waals surface area (Å²) in [6.07, 6.45) is 2.03. The number of hydrogen-bond donors (Lipinski definition) is 1. The Hall–Kier alpha value is -2.89. The molecule has 2 atom stereocenters. The maximum Gasteiger partial charge on any atom is 0.355 e. The van der Waals surface area contributed by atoms with E-state index in [1.165, 1.54) is 6.08 Å². The highest BCUT2D eigenvalue weighted by molar-refractivity contribution is 6.07. The molecule has 6 nitrogen and oxygen atoms in total. The summed E-state index contributed by atoms with van der Waals surface area (Å²) in [7, 11) is 0. The summed E-state index contributed by atoms with van der Waals surface area (Å²) in [6, 6.07) is 6.74. The van der Waals surface area contributed by atoms with Crippen molar-refractivity contribution in [3.63, 3.8) is 0 Å². The first-order valence-corrected chi connectivity index (χ1v) is 8.61. The third kappa shape index (κ3) is 2.81. The molecule has 6 heteroatoms. The molecular formula is C20H22N2O4. The number of benzene rings is 1. The molecule has 0 aliphatic carbocycles. The van der Waals surface area contributed by atoms with Crippen LogP contribution in [0.15, 0.2) is 42.6 Å². The summed E-state index contributed by atoms with van der Waals surface area (Å²) in [6.45, 7) is 7.61. The largest absolute Gasteiger partial charge is 0.457 e. The maximum atomic E-state index is 12.6. The second-order valence-corrected chi connectivity index (χ2v) is 6.91. The lowest BCUT2D eigenvalue weighted by molar-refractivity contribution is -0.158. The van der Waals surface area contributed by atoms with E-state index in [1.807, 2.05) is 19.9 Å². The van der Waals surface area contributed by atoms with Gasteiger partial charge in [0.2, 0.25) is 11.8 Å². The summed E-state index contributed by atoms with van der Waals surface area (Å²) in [5.41, 5.74) is 7.41. The van der Waals surface area contributed by atoms with Crippen LogP contribution in [0.3, 0.4) is 0 Å². The molecule has 1 aromatic carbocycles. The molecule has 3 rings (SSSR count). The predicted octanol–water partition coefficient (Wildman–Crippen LogP) is 2.11. The van der Waals surface area contributed by atoms with Gasteiger partial charge in [-0.05, 0) is 35.6 Å². The van der Waals surface area contributed by atoms with Gasteiger partial charge < -0.3 is 15.4 Å². The SMILES string of the molecule is C=CCOC(=O)C1=C(c2cccc(C(N)=O)c2)C[C@@H]2[C@@H](C(C)C)C(=O)N12. The van der Waals surface area contributed by atoms with Gasteiger partial charge in [-0.2, -0.15) is 0 Å². The lowest BCUT2D eigenvalue weighted by atomic mass is 9.78. The number of carbonyl (C=O) groups excluding carboxylic acids is 3. The van der Waals surface area contributed by atoms with Crippen molar-refractivity contribution in [2.24, 2.45) is 17.6 Å². The average Bonchev–Trinajstić information content (AvgIpc) is 2.94. The molecule has 0 saturated carbocycles. The summed E-state index contributed by atoms with van der Waals surface area (Å²) in [5, 5.41) is 0. The van der Waals surface area contributed by atoms with Gasteiger partial charge in [-0.25, -0.2) is 4.79 Å². The molecule has 1 fully saturated rings. The highest BCUT2D eigenvalue weighted by Crippen LogP contribution is 2.48. The lowest BCUT2D eigenvalue weighted by Crippen LogP contribution is -2.60. The van der Waals surface area contributed by atoms with Crippen molar-refractivity contribution in [1.29, 1.82) is 0 Å². The van der Waals surface area contributed by atoms with Gasteiger partial charge in [-0.1, -0.05) is 38.6 Å². The van der Waals surface area contributed by atoms with E-state index in [0.29, 0.717) is 23.1 Å². The van der Waals surface area contributed by atoms with E-state index in [0.717, 1.165) is 0 Å². The van der Waals surface area contributed by atoms with Crippen molar-refractivity contribution >= 4 is 23.4 Å². The smallest absolute Gasteiger partial charge is 0.355 e. The van der Waals surface area contributed by atoms with E-state index in [-0.39, 0.29) is 36.1 Å². The first kappa shape index (κ1) is 17.9. The van der Waals surface area contributed by atoms with Crippen LogP contribution >= 0.6 is 0 Å². The van der Waals surface area contributed by atoms with Crippen LogP contribution in [0.1, 0.15) is 36.2 Å². The minimum Gasteiger partial charge on any atom is -0.457 e. The van der Waals surface area contributed by atoms with Crippen LogP contribution in [0.4, 0.5) is 0 Å². The van der Waals surface area contributed by atoms with Crippen LogP contribution in [0.25, 0.3) is 5.57 Å². The van der Waals surface area contributed by atoms with Gasteiger partial charge in [-0.15, -0.1) is 0 Å². The Morgan fingerprint density at radius 2 is 2.15 bits per heavy atom. The summed E-state index contributed by atoms with van der Waals surface area (Å²) >= 11 is 0. The Bertz CT molecular complexity index is 825. The number of carbonyl (C=O) groups is 3. The van der Waals surface area contributed by atoms with E-state index >= 15 is 0 Å². The van der Waals surface area contributed by atoms with Gasteiger partial charge in [0.05, 0.1) is 12.0 Å². The lowest BCUT2D eigenvalue weighted by Gasteiger charge is -2.45. The van der Waals surface area contributed by atoms with Crippen LogP contribution in [-0.4, -0.2) is 35.3 Å². The second-order valence-electron chi connectivity index (χ2n) is 6.91. The fourth-order valence-electron chi connectivity index (χ4n) is 3.78. The van der Waals surface area contributed by atoms with Gasteiger partial charge in [0, 0.05) is 5.56 Å². The number of nitrogens with two attached hydrogens (primary N) is 1. The number of esters is 1. The molecule has 0 aromatic heterocycles. The highest BCUT2D eigenvalue weighted by Gasteiger charge is 2.56. The molecule has 2 amide bonds. The minimum absolute atomic E-state index is 0.0546. The van der Waals surface area contributed by atoms with Crippen molar-refractivity contribution in [1.82, 2.24) is 4.90 Å². The van der Waals surface area contributed by atoms with Gasteiger partial charge in [0.25, 0.3) is 0 Å². The third-order valence-electron chi connectivity index (χ3n) is 4.95. The topological polar surface area (TPSA) is 89.7 Å². The van der Waals surface area contributed by atoms with Crippen molar-refractivity contribution in [3.8, 4) is 0 Å². The van der Waals surface area contributed by atoms with Crippen molar-refractivity contribution < 1.29 is 19.1 Å². The molecular weight excluding hydrogens is 332 g/mol. The first-order valence-electron chi connectivity index (χ1n) is 8.61. The second kappa shape index (κ2) is 6.78. The van der Waals surface area contributed by atoms with E-state index in [9.17, 15) is 14.4 Å². The zero-order chi connectivity index (χ0) is 19.0. The normalized spacial score (nSPS) is 21.5. The fourth-order valence-corrected chi connectivity index (χ4v) is 3.78. The van der Waals surface area contributed by atoms with Crippen LogP contribution < -0.4 is 5.73 Å². The number of hydrogen-bond acceptors (Lipinski definition) is 4. The zero-order valence-corrected chi connectivity index (χ0v) is 14.9. The van der Waals surface area contributed by atoms with Crippen LogP contribution in [-0.2, 0) is 14.3 Å².